The van der Waals surface area contributed by atoms with Gasteiger partial charge in [-0.2, -0.15) is 5.26 Å². The van der Waals surface area contributed by atoms with Gasteiger partial charge in [-0.3, -0.25) is 4.90 Å². The number of fused-ring (bicyclic) bond motifs is 1. The quantitative estimate of drug-likeness (QED) is 0.426. The van der Waals surface area contributed by atoms with Crippen LogP contribution in [0.4, 0.5) is 22.1 Å². The van der Waals surface area contributed by atoms with Crippen molar-refractivity contribution < 1.29 is 17.9 Å². The standard InChI is InChI=1S/C27H28ClN5O4S/c1-26(2,3)37-25(34)33-15-27(4,5)19-12-16(11-17(14-29)23(19)33)20-9-10-30-24(31-20)32-21-13-18(28)7-8-22(21)38(6,35)36/h7-13H,15H2,1-6H3,(H,30,31,32). The predicted molar refractivity (Wildman–Crippen MR) is 147 cm³/mol. The lowest BCUT2D eigenvalue weighted by atomic mass is 9.85. The van der Waals surface area contributed by atoms with E-state index in [9.17, 15) is 18.5 Å². The summed E-state index contributed by atoms with van der Waals surface area (Å²) in [6, 6.07) is 11.9. The number of anilines is 3. The van der Waals surface area contributed by atoms with Crippen LogP contribution in [0.5, 0.6) is 0 Å². The fourth-order valence-electron chi connectivity index (χ4n) is 4.33. The molecule has 198 valence electrons. The van der Waals surface area contributed by atoms with E-state index in [1.807, 2.05) is 19.9 Å². The number of carbonyl (C=O) groups is 1. The fraction of sp³-hybridized carbons (Fsp3) is 0.333. The van der Waals surface area contributed by atoms with Crippen molar-refractivity contribution in [1.29, 1.82) is 5.26 Å². The number of aromatic nitrogens is 2. The van der Waals surface area contributed by atoms with Crippen molar-refractivity contribution in [2.75, 3.05) is 23.0 Å². The average molecular weight is 554 g/mol. The van der Waals surface area contributed by atoms with Gasteiger partial charge in [-0.1, -0.05) is 25.4 Å². The zero-order valence-corrected chi connectivity index (χ0v) is 23.5. The van der Waals surface area contributed by atoms with Gasteiger partial charge in [-0.25, -0.2) is 23.2 Å². The second-order valence-corrected chi connectivity index (χ2v) is 13.2. The molecule has 0 atom stereocenters. The Morgan fingerprint density at radius 1 is 1.21 bits per heavy atom. The molecule has 2 aromatic carbocycles. The molecule has 0 saturated heterocycles. The van der Waals surface area contributed by atoms with E-state index < -0.39 is 26.9 Å². The van der Waals surface area contributed by atoms with E-state index in [2.05, 4.69) is 21.4 Å². The van der Waals surface area contributed by atoms with Gasteiger partial charge < -0.3 is 10.1 Å². The minimum absolute atomic E-state index is 0.0594. The van der Waals surface area contributed by atoms with E-state index in [-0.39, 0.29) is 16.5 Å². The van der Waals surface area contributed by atoms with Gasteiger partial charge in [-0.15, -0.1) is 0 Å². The predicted octanol–water partition coefficient (Wildman–Crippen LogP) is 5.85. The molecular weight excluding hydrogens is 526 g/mol. The first kappa shape index (κ1) is 27.4. The van der Waals surface area contributed by atoms with Crippen molar-refractivity contribution in [2.24, 2.45) is 0 Å². The third-order valence-corrected chi connectivity index (χ3v) is 7.33. The van der Waals surface area contributed by atoms with Crippen LogP contribution in [0.2, 0.25) is 5.02 Å². The maximum atomic E-state index is 13.0. The highest BCUT2D eigenvalue weighted by Gasteiger charge is 2.42. The normalized spacial score (nSPS) is 14.5. The summed E-state index contributed by atoms with van der Waals surface area (Å²) in [5.74, 6) is 0.156. The van der Waals surface area contributed by atoms with Crippen LogP contribution < -0.4 is 10.2 Å². The number of nitrogens with zero attached hydrogens (tertiary/aromatic N) is 4. The highest BCUT2D eigenvalue weighted by molar-refractivity contribution is 7.90. The highest BCUT2D eigenvalue weighted by atomic mass is 35.5. The van der Waals surface area contributed by atoms with Gasteiger partial charge in [0.1, 0.15) is 11.7 Å². The second kappa shape index (κ2) is 9.57. The second-order valence-electron chi connectivity index (χ2n) is 10.8. The van der Waals surface area contributed by atoms with Gasteiger partial charge in [-0.05, 0) is 62.7 Å². The Labute approximate surface area is 227 Å². The van der Waals surface area contributed by atoms with Gasteiger partial charge >= 0.3 is 6.09 Å². The van der Waals surface area contributed by atoms with Crippen molar-refractivity contribution in [1.82, 2.24) is 9.97 Å². The molecule has 0 saturated carbocycles. The van der Waals surface area contributed by atoms with Crippen molar-refractivity contribution in [3.8, 4) is 17.3 Å². The van der Waals surface area contributed by atoms with E-state index in [0.717, 1.165) is 11.8 Å². The maximum absolute atomic E-state index is 13.0. The summed E-state index contributed by atoms with van der Waals surface area (Å²) >= 11 is 6.10. The first-order chi connectivity index (χ1) is 17.6. The number of carbonyl (C=O) groups excluding carboxylic acids is 1. The zero-order valence-electron chi connectivity index (χ0n) is 22.0. The highest BCUT2D eigenvalue weighted by Crippen LogP contribution is 2.45. The topological polar surface area (TPSA) is 125 Å². The Kier molecular flexibility index (Phi) is 6.89. The molecule has 9 nitrogen and oxygen atoms in total. The molecule has 4 rings (SSSR count). The molecule has 1 aromatic heterocycles. The number of rotatable bonds is 4. The molecule has 0 spiro atoms. The molecule has 38 heavy (non-hydrogen) atoms. The Balaban J connectivity index is 1.76. The molecule has 1 N–H and O–H groups in total. The number of sulfone groups is 1. The van der Waals surface area contributed by atoms with Crippen LogP contribution in [0, 0.1) is 11.3 Å². The lowest BCUT2D eigenvalue weighted by molar-refractivity contribution is 0.0579. The number of nitriles is 1. The number of hydrogen-bond acceptors (Lipinski definition) is 8. The molecule has 0 aliphatic carbocycles. The summed E-state index contributed by atoms with van der Waals surface area (Å²) in [6.07, 6.45) is 2.13. The van der Waals surface area contributed by atoms with E-state index in [4.69, 9.17) is 16.3 Å². The number of hydrogen-bond donors (Lipinski definition) is 1. The van der Waals surface area contributed by atoms with E-state index in [1.165, 1.54) is 29.3 Å². The summed E-state index contributed by atoms with van der Waals surface area (Å²) in [5, 5.41) is 13.3. The van der Waals surface area contributed by atoms with Crippen LogP contribution in [0.25, 0.3) is 11.3 Å². The first-order valence-electron chi connectivity index (χ1n) is 11.8. The van der Waals surface area contributed by atoms with Gasteiger partial charge in [0.2, 0.25) is 5.95 Å². The van der Waals surface area contributed by atoms with E-state index in [0.29, 0.717) is 34.1 Å². The Hall–Kier alpha value is -3.68. The Bertz CT molecular complexity index is 1590. The minimum Gasteiger partial charge on any atom is -0.443 e. The van der Waals surface area contributed by atoms with Crippen LogP contribution in [-0.2, 0) is 20.0 Å². The number of benzene rings is 2. The summed E-state index contributed by atoms with van der Waals surface area (Å²) in [7, 11) is -3.54. The van der Waals surface area contributed by atoms with Crippen LogP contribution >= 0.6 is 11.6 Å². The molecule has 3 aromatic rings. The molecule has 2 heterocycles. The molecule has 0 bridgehead atoms. The summed E-state index contributed by atoms with van der Waals surface area (Å²) in [6.45, 7) is 9.74. The Morgan fingerprint density at radius 2 is 1.92 bits per heavy atom. The molecule has 11 heteroatoms. The lowest BCUT2D eigenvalue weighted by Crippen LogP contribution is -2.38. The number of amides is 1. The van der Waals surface area contributed by atoms with E-state index >= 15 is 0 Å². The zero-order chi connectivity index (χ0) is 28.0. The first-order valence-corrected chi connectivity index (χ1v) is 14.1. The molecule has 0 fully saturated rings. The van der Waals surface area contributed by atoms with Gasteiger partial charge in [0, 0.05) is 35.0 Å². The van der Waals surface area contributed by atoms with Gasteiger partial charge in [0.25, 0.3) is 0 Å². The number of halogens is 1. The minimum atomic E-state index is -3.54. The van der Waals surface area contributed by atoms with Crippen LogP contribution in [-0.4, -0.2) is 42.9 Å². The monoisotopic (exact) mass is 553 g/mol. The third-order valence-electron chi connectivity index (χ3n) is 5.94. The molecule has 0 radical (unpaired) electrons. The summed E-state index contributed by atoms with van der Waals surface area (Å²) in [4.78, 5) is 23.4. The molecular formula is C27H28ClN5O4S. The number of ether oxygens (including phenoxy) is 1. The van der Waals surface area contributed by atoms with Crippen LogP contribution in [0.15, 0.2) is 47.5 Å². The Morgan fingerprint density at radius 3 is 2.55 bits per heavy atom. The molecule has 0 unspecified atom stereocenters. The van der Waals surface area contributed by atoms with Gasteiger partial charge in [0.15, 0.2) is 9.84 Å². The largest absolute Gasteiger partial charge is 0.443 e. The van der Waals surface area contributed by atoms with Crippen molar-refractivity contribution in [3.63, 3.8) is 0 Å². The maximum Gasteiger partial charge on any atom is 0.414 e. The smallest absolute Gasteiger partial charge is 0.414 e. The van der Waals surface area contributed by atoms with Crippen molar-refractivity contribution in [2.45, 2.75) is 50.5 Å². The van der Waals surface area contributed by atoms with Crippen LogP contribution in [0.3, 0.4) is 0 Å². The SMILES string of the molecule is CC(C)(C)OC(=O)N1CC(C)(C)c2cc(-c3ccnc(Nc4cc(Cl)ccc4S(C)(=O)=O)n3)cc(C#N)c21. The number of nitrogens with one attached hydrogen (secondary N) is 1. The van der Waals surface area contributed by atoms with Crippen molar-refractivity contribution in [3.05, 3.63) is 58.7 Å². The molecule has 1 aliphatic heterocycles. The summed E-state index contributed by atoms with van der Waals surface area (Å²) in [5.41, 5.74) is 1.94. The lowest BCUT2D eigenvalue weighted by Gasteiger charge is -2.26. The fourth-order valence-corrected chi connectivity index (χ4v) is 5.33. The average Bonchev–Trinajstić information content (AvgIpc) is 3.08. The third kappa shape index (κ3) is 5.59. The van der Waals surface area contributed by atoms with Crippen molar-refractivity contribution >= 4 is 44.9 Å². The summed E-state index contributed by atoms with van der Waals surface area (Å²) < 4.78 is 30.1. The molecule has 1 aliphatic rings. The van der Waals surface area contributed by atoms with Crippen LogP contribution in [0.1, 0.15) is 45.7 Å². The van der Waals surface area contributed by atoms with Gasteiger partial charge in [0.05, 0.1) is 27.5 Å². The molecule has 1 amide bonds. The van der Waals surface area contributed by atoms with E-state index in [1.54, 1.807) is 32.9 Å².